The molecule has 1 fully saturated rings. The molecule has 1 heterocycles. The van der Waals surface area contributed by atoms with Gasteiger partial charge in [-0.25, -0.2) is 0 Å². The smallest absolute Gasteiger partial charge is 0.156 e. The number of hydrogen-bond acceptors (Lipinski definition) is 4. The van der Waals surface area contributed by atoms with E-state index in [9.17, 15) is 0 Å². The maximum Gasteiger partial charge on any atom is 0.156 e. The van der Waals surface area contributed by atoms with Crippen molar-refractivity contribution in [2.24, 2.45) is 16.8 Å². The molecule has 0 aliphatic carbocycles. The third-order valence-corrected chi connectivity index (χ3v) is 3.31. The summed E-state index contributed by atoms with van der Waals surface area (Å²) in [4.78, 5) is 4.80. The van der Waals surface area contributed by atoms with Gasteiger partial charge in [0.25, 0.3) is 0 Å². The van der Waals surface area contributed by atoms with E-state index in [1.165, 1.54) is 0 Å². The molecule has 100 valence electrons. The second kappa shape index (κ2) is 6.81. The molecule has 0 aromatic rings. The summed E-state index contributed by atoms with van der Waals surface area (Å²) in [6.07, 6.45) is 0.889. The SMILES string of the molecule is CCC(C(N)=NO)N1CCN(CC(C)C)CC1. The van der Waals surface area contributed by atoms with Gasteiger partial charge >= 0.3 is 0 Å². The molecule has 0 amide bonds. The van der Waals surface area contributed by atoms with Crippen molar-refractivity contribution in [1.29, 1.82) is 0 Å². The molecular formula is C12H26N4O. The summed E-state index contributed by atoms with van der Waals surface area (Å²) >= 11 is 0. The van der Waals surface area contributed by atoms with Crippen LogP contribution in [0.15, 0.2) is 5.16 Å². The Kier molecular flexibility index (Phi) is 5.71. The van der Waals surface area contributed by atoms with Crippen molar-refractivity contribution in [1.82, 2.24) is 9.80 Å². The molecule has 17 heavy (non-hydrogen) atoms. The molecule has 0 spiro atoms. The van der Waals surface area contributed by atoms with Crippen LogP contribution in [-0.4, -0.2) is 59.6 Å². The third kappa shape index (κ3) is 4.16. The summed E-state index contributed by atoms with van der Waals surface area (Å²) in [5.74, 6) is 1.05. The monoisotopic (exact) mass is 242 g/mol. The fraction of sp³-hybridized carbons (Fsp3) is 0.917. The van der Waals surface area contributed by atoms with Gasteiger partial charge in [0, 0.05) is 32.7 Å². The Morgan fingerprint density at radius 2 is 1.88 bits per heavy atom. The lowest BCUT2D eigenvalue weighted by atomic mass is 10.1. The van der Waals surface area contributed by atoms with Crippen molar-refractivity contribution in [2.45, 2.75) is 33.2 Å². The summed E-state index contributed by atoms with van der Waals surface area (Å²) < 4.78 is 0. The van der Waals surface area contributed by atoms with Gasteiger partial charge in [0.1, 0.15) is 0 Å². The molecule has 1 atom stereocenters. The Balaban J connectivity index is 2.45. The predicted molar refractivity (Wildman–Crippen MR) is 70.3 cm³/mol. The average Bonchev–Trinajstić information content (AvgIpc) is 2.31. The molecule has 1 aliphatic rings. The van der Waals surface area contributed by atoms with E-state index in [1.807, 2.05) is 0 Å². The second-order valence-electron chi connectivity index (χ2n) is 5.18. The highest BCUT2D eigenvalue weighted by molar-refractivity contribution is 5.85. The zero-order valence-corrected chi connectivity index (χ0v) is 11.3. The fourth-order valence-corrected chi connectivity index (χ4v) is 2.50. The van der Waals surface area contributed by atoms with E-state index in [1.54, 1.807) is 0 Å². The molecule has 1 rings (SSSR count). The lowest BCUT2D eigenvalue weighted by Gasteiger charge is -2.39. The Bertz CT molecular complexity index is 247. The van der Waals surface area contributed by atoms with Crippen molar-refractivity contribution in [2.75, 3.05) is 32.7 Å². The van der Waals surface area contributed by atoms with Gasteiger partial charge in [0.2, 0.25) is 0 Å². The van der Waals surface area contributed by atoms with E-state index in [0.717, 1.165) is 39.1 Å². The summed E-state index contributed by atoms with van der Waals surface area (Å²) in [6.45, 7) is 11.9. The van der Waals surface area contributed by atoms with Gasteiger partial charge in [0.15, 0.2) is 5.84 Å². The first-order chi connectivity index (χ1) is 8.08. The highest BCUT2D eigenvalue weighted by Crippen LogP contribution is 2.11. The third-order valence-electron chi connectivity index (χ3n) is 3.31. The molecule has 0 saturated carbocycles. The Hall–Kier alpha value is -0.810. The molecule has 1 unspecified atom stereocenters. The lowest BCUT2D eigenvalue weighted by Crippen LogP contribution is -2.54. The molecule has 3 N–H and O–H groups in total. The molecule has 0 bridgehead atoms. The second-order valence-corrected chi connectivity index (χ2v) is 5.18. The number of amidine groups is 1. The molecule has 5 nitrogen and oxygen atoms in total. The van der Waals surface area contributed by atoms with E-state index in [0.29, 0.717) is 11.8 Å². The van der Waals surface area contributed by atoms with Crippen molar-refractivity contribution in [3.05, 3.63) is 0 Å². The minimum absolute atomic E-state index is 0.0844. The van der Waals surface area contributed by atoms with Crippen LogP contribution in [0.4, 0.5) is 0 Å². The van der Waals surface area contributed by atoms with Crippen molar-refractivity contribution < 1.29 is 5.21 Å². The van der Waals surface area contributed by atoms with Crippen LogP contribution in [0.1, 0.15) is 27.2 Å². The Morgan fingerprint density at radius 3 is 2.29 bits per heavy atom. The summed E-state index contributed by atoms with van der Waals surface area (Å²) in [5.41, 5.74) is 5.72. The van der Waals surface area contributed by atoms with E-state index in [4.69, 9.17) is 10.9 Å². The summed E-state index contributed by atoms with van der Waals surface area (Å²) in [6, 6.07) is 0.0844. The number of oxime groups is 1. The highest BCUT2D eigenvalue weighted by Gasteiger charge is 2.25. The van der Waals surface area contributed by atoms with Crippen LogP contribution in [0.2, 0.25) is 0 Å². The quantitative estimate of drug-likeness (QED) is 0.324. The van der Waals surface area contributed by atoms with E-state index in [2.05, 4.69) is 35.7 Å². The number of rotatable bonds is 5. The first-order valence-corrected chi connectivity index (χ1v) is 6.52. The molecule has 0 aromatic carbocycles. The van der Waals surface area contributed by atoms with Gasteiger partial charge < -0.3 is 15.8 Å². The fourth-order valence-electron chi connectivity index (χ4n) is 2.50. The standard InChI is InChI=1S/C12H26N4O/c1-4-11(12(13)14-17)16-7-5-15(6-8-16)9-10(2)3/h10-11,17H,4-9H2,1-3H3,(H2,13,14). The number of hydrogen-bond donors (Lipinski definition) is 2. The van der Waals surface area contributed by atoms with E-state index in [-0.39, 0.29) is 6.04 Å². The van der Waals surface area contributed by atoms with Gasteiger partial charge in [0.05, 0.1) is 6.04 Å². The average molecular weight is 242 g/mol. The van der Waals surface area contributed by atoms with Crippen molar-refractivity contribution in [3.8, 4) is 0 Å². The van der Waals surface area contributed by atoms with Gasteiger partial charge in [-0.05, 0) is 12.3 Å². The van der Waals surface area contributed by atoms with E-state index < -0.39 is 0 Å². The van der Waals surface area contributed by atoms with Crippen LogP contribution >= 0.6 is 0 Å². The van der Waals surface area contributed by atoms with Gasteiger partial charge in [-0.1, -0.05) is 25.9 Å². The number of nitrogens with two attached hydrogens (primary N) is 1. The minimum Gasteiger partial charge on any atom is -0.409 e. The molecule has 0 aromatic heterocycles. The van der Waals surface area contributed by atoms with Crippen LogP contribution < -0.4 is 5.73 Å². The normalized spacial score (nSPS) is 22.0. The molecule has 5 heteroatoms. The van der Waals surface area contributed by atoms with Gasteiger partial charge in [-0.2, -0.15) is 0 Å². The number of nitrogens with zero attached hydrogens (tertiary/aromatic N) is 3. The minimum atomic E-state index is 0.0844. The molecule has 1 aliphatic heterocycles. The highest BCUT2D eigenvalue weighted by atomic mass is 16.4. The molecule has 0 radical (unpaired) electrons. The first-order valence-electron chi connectivity index (χ1n) is 6.52. The summed E-state index contributed by atoms with van der Waals surface area (Å²) in [5, 5.41) is 11.9. The Labute approximate surface area is 104 Å². The van der Waals surface area contributed by atoms with Crippen molar-refractivity contribution in [3.63, 3.8) is 0 Å². The van der Waals surface area contributed by atoms with Crippen molar-refractivity contribution >= 4 is 5.84 Å². The van der Waals surface area contributed by atoms with Crippen LogP contribution in [0.25, 0.3) is 0 Å². The number of piperazine rings is 1. The predicted octanol–water partition coefficient (Wildman–Crippen LogP) is 0.785. The van der Waals surface area contributed by atoms with Crippen LogP contribution in [0, 0.1) is 5.92 Å². The largest absolute Gasteiger partial charge is 0.409 e. The maximum absolute atomic E-state index is 8.76. The van der Waals surface area contributed by atoms with Crippen LogP contribution in [0.5, 0.6) is 0 Å². The topological polar surface area (TPSA) is 65.1 Å². The summed E-state index contributed by atoms with van der Waals surface area (Å²) in [7, 11) is 0. The van der Waals surface area contributed by atoms with Crippen LogP contribution in [0.3, 0.4) is 0 Å². The maximum atomic E-state index is 8.76. The van der Waals surface area contributed by atoms with Gasteiger partial charge in [-0.15, -0.1) is 0 Å². The zero-order valence-electron chi connectivity index (χ0n) is 11.3. The van der Waals surface area contributed by atoms with Crippen LogP contribution in [-0.2, 0) is 0 Å². The molecule has 1 saturated heterocycles. The van der Waals surface area contributed by atoms with E-state index >= 15 is 0 Å². The van der Waals surface area contributed by atoms with Gasteiger partial charge in [-0.3, -0.25) is 4.90 Å². The zero-order chi connectivity index (χ0) is 12.8. The molecular weight excluding hydrogens is 216 g/mol. The lowest BCUT2D eigenvalue weighted by molar-refractivity contribution is 0.106. The Morgan fingerprint density at radius 1 is 1.29 bits per heavy atom. The first kappa shape index (κ1) is 14.3.